The van der Waals surface area contributed by atoms with Crippen LogP contribution in [0, 0.1) is 0 Å². The summed E-state index contributed by atoms with van der Waals surface area (Å²) in [4.78, 5) is 10.5. The lowest BCUT2D eigenvalue weighted by Crippen LogP contribution is -2.13. The van der Waals surface area contributed by atoms with Gasteiger partial charge in [0, 0.05) is 11.7 Å². The minimum Gasteiger partial charge on any atom is -0.386 e. The zero-order valence-electron chi connectivity index (χ0n) is 6.48. The maximum absolute atomic E-state index is 10.5. The molecule has 0 heterocycles. The number of carbonyl (C=O) groups is 1. The largest absolute Gasteiger partial charge is 0.386 e. The van der Waals surface area contributed by atoms with E-state index in [0.29, 0.717) is 6.04 Å². The molecule has 2 heteroatoms. The van der Waals surface area contributed by atoms with Crippen molar-refractivity contribution in [3.63, 3.8) is 0 Å². The molecule has 1 fully saturated rings. The summed E-state index contributed by atoms with van der Waals surface area (Å²) >= 11 is 0. The molecule has 1 saturated carbocycles. The minimum atomic E-state index is 0.116. The fourth-order valence-electron chi connectivity index (χ4n) is 0.896. The highest BCUT2D eigenvalue weighted by Gasteiger charge is 2.20. The SMILES string of the molecule is CC(=O)/C=C(/C)NC1CC1. The van der Waals surface area contributed by atoms with E-state index in [1.165, 1.54) is 12.8 Å². The molecule has 1 aliphatic carbocycles. The van der Waals surface area contributed by atoms with Gasteiger partial charge in [0.05, 0.1) is 0 Å². The highest BCUT2D eigenvalue weighted by Crippen LogP contribution is 2.19. The molecule has 0 spiro atoms. The second-order valence-electron chi connectivity index (χ2n) is 2.86. The van der Waals surface area contributed by atoms with Crippen molar-refractivity contribution in [3.8, 4) is 0 Å². The zero-order valence-corrected chi connectivity index (χ0v) is 6.48. The number of allylic oxidation sites excluding steroid dienone is 2. The molecule has 2 nitrogen and oxygen atoms in total. The second kappa shape index (κ2) is 2.86. The minimum absolute atomic E-state index is 0.116. The summed E-state index contributed by atoms with van der Waals surface area (Å²) in [6, 6.07) is 0.649. The molecule has 0 unspecified atom stereocenters. The predicted octanol–water partition coefficient (Wildman–Crippen LogP) is 1.23. The van der Waals surface area contributed by atoms with Crippen LogP contribution < -0.4 is 5.32 Å². The molecule has 0 bridgehead atoms. The van der Waals surface area contributed by atoms with Crippen LogP contribution in [0.5, 0.6) is 0 Å². The van der Waals surface area contributed by atoms with Gasteiger partial charge >= 0.3 is 0 Å². The summed E-state index contributed by atoms with van der Waals surface area (Å²) in [6.45, 7) is 3.50. The van der Waals surface area contributed by atoms with Crippen molar-refractivity contribution < 1.29 is 4.79 Å². The lowest BCUT2D eigenvalue weighted by Gasteiger charge is -2.01. The van der Waals surface area contributed by atoms with Gasteiger partial charge in [-0.15, -0.1) is 0 Å². The Morgan fingerprint density at radius 3 is 2.50 bits per heavy atom. The molecular weight excluding hydrogens is 126 g/mol. The fourth-order valence-corrected chi connectivity index (χ4v) is 0.896. The van der Waals surface area contributed by atoms with Gasteiger partial charge < -0.3 is 5.32 Å². The van der Waals surface area contributed by atoms with Crippen LogP contribution in [0.3, 0.4) is 0 Å². The first-order valence-electron chi connectivity index (χ1n) is 3.64. The predicted molar refractivity (Wildman–Crippen MR) is 40.6 cm³/mol. The maximum atomic E-state index is 10.5. The van der Waals surface area contributed by atoms with Crippen LogP contribution in [0.15, 0.2) is 11.8 Å². The highest BCUT2D eigenvalue weighted by atomic mass is 16.1. The first kappa shape index (κ1) is 7.32. The van der Waals surface area contributed by atoms with Gasteiger partial charge in [-0.3, -0.25) is 4.79 Å². The Kier molecular flexibility index (Phi) is 2.10. The van der Waals surface area contributed by atoms with Crippen molar-refractivity contribution in [3.05, 3.63) is 11.8 Å². The van der Waals surface area contributed by atoms with Gasteiger partial charge in [0.1, 0.15) is 0 Å². The van der Waals surface area contributed by atoms with E-state index in [1.54, 1.807) is 13.0 Å². The van der Waals surface area contributed by atoms with Crippen molar-refractivity contribution in [2.45, 2.75) is 32.7 Å². The third-order valence-electron chi connectivity index (χ3n) is 1.43. The molecule has 0 aromatic carbocycles. The Balaban J connectivity index is 2.30. The number of rotatable bonds is 3. The van der Waals surface area contributed by atoms with Crippen LogP contribution in [0.1, 0.15) is 26.7 Å². The number of ketones is 1. The Hall–Kier alpha value is -0.790. The molecular formula is C8H13NO. The van der Waals surface area contributed by atoms with Crippen molar-refractivity contribution in [1.82, 2.24) is 5.32 Å². The quantitative estimate of drug-likeness (QED) is 0.596. The van der Waals surface area contributed by atoms with Gasteiger partial charge in [0.25, 0.3) is 0 Å². The Morgan fingerprint density at radius 2 is 2.10 bits per heavy atom. The first-order chi connectivity index (χ1) is 4.68. The van der Waals surface area contributed by atoms with Crippen LogP contribution in [0.25, 0.3) is 0 Å². The highest BCUT2D eigenvalue weighted by molar-refractivity contribution is 5.87. The summed E-state index contributed by atoms with van der Waals surface area (Å²) in [5, 5.41) is 3.23. The number of hydrogen-bond acceptors (Lipinski definition) is 2. The Morgan fingerprint density at radius 1 is 1.50 bits per heavy atom. The third kappa shape index (κ3) is 2.67. The Bertz CT molecular complexity index is 168. The molecule has 0 aromatic heterocycles. The van der Waals surface area contributed by atoms with E-state index < -0.39 is 0 Å². The first-order valence-corrected chi connectivity index (χ1v) is 3.64. The molecule has 0 aliphatic heterocycles. The van der Waals surface area contributed by atoms with Crippen LogP contribution >= 0.6 is 0 Å². The lowest BCUT2D eigenvalue weighted by atomic mass is 10.3. The molecule has 1 aliphatic rings. The molecule has 0 radical (unpaired) electrons. The van der Waals surface area contributed by atoms with E-state index in [4.69, 9.17) is 0 Å². The van der Waals surface area contributed by atoms with Gasteiger partial charge in [-0.25, -0.2) is 0 Å². The second-order valence-corrected chi connectivity index (χ2v) is 2.86. The van der Waals surface area contributed by atoms with Crippen LogP contribution in [-0.2, 0) is 4.79 Å². The molecule has 1 rings (SSSR count). The van der Waals surface area contributed by atoms with E-state index in [0.717, 1.165) is 5.70 Å². The number of hydrogen-bond donors (Lipinski definition) is 1. The fraction of sp³-hybridized carbons (Fsp3) is 0.625. The third-order valence-corrected chi connectivity index (χ3v) is 1.43. The topological polar surface area (TPSA) is 29.1 Å². The van der Waals surface area contributed by atoms with Crippen molar-refractivity contribution >= 4 is 5.78 Å². The average Bonchev–Trinajstić information content (AvgIpc) is 2.46. The number of nitrogens with one attached hydrogen (secondary N) is 1. The smallest absolute Gasteiger partial charge is 0.154 e. The summed E-state index contributed by atoms with van der Waals surface area (Å²) in [5.74, 6) is 0.116. The Labute approximate surface area is 61.3 Å². The summed E-state index contributed by atoms with van der Waals surface area (Å²) in [5.41, 5.74) is 0.995. The van der Waals surface area contributed by atoms with Gasteiger partial charge in [0.2, 0.25) is 0 Å². The summed E-state index contributed by atoms with van der Waals surface area (Å²) in [6.07, 6.45) is 4.14. The van der Waals surface area contributed by atoms with E-state index in [-0.39, 0.29) is 5.78 Å². The maximum Gasteiger partial charge on any atom is 0.154 e. The van der Waals surface area contributed by atoms with E-state index in [9.17, 15) is 4.79 Å². The summed E-state index contributed by atoms with van der Waals surface area (Å²) in [7, 11) is 0. The summed E-state index contributed by atoms with van der Waals surface area (Å²) < 4.78 is 0. The number of carbonyl (C=O) groups excluding carboxylic acids is 1. The standard InChI is InChI=1S/C8H13NO/c1-6(5-7(2)10)9-8-3-4-8/h5,8-9H,3-4H2,1-2H3/b6-5-. The van der Waals surface area contributed by atoms with Crippen molar-refractivity contribution in [2.75, 3.05) is 0 Å². The molecule has 10 heavy (non-hydrogen) atoms. The van der Waals surface area contributed by atoms with Crippen LogP contribution in [0.2, 0.25) is 0 Å². The van der Waals surface area contributed by atoms with Gasteiger partial charge in [-0.1, -0.05) is 0 Å². The lowest BCUT2D eigenvalue weighted by molar-refractivity contribution is -0.112. The van der Waals surface area contributed by atoms with Gasteiger partial charge in [-0.05, 0) is 32.8 Å². The molecule has 56 valence electrons. The normalized spacial score (nSPS) is 18.8. The van der Waals surface area contributed by atoms with E-state index in [2.05, 4.69) is 5.32 Å². The average molecular weight is 139 g/mol. The van der Waals surface area contributed by atoms with E-state index >= 15 is 0 Å². The van der Waals surface area contributed by atoms with Gasteiger partial charge in [0.15, 0.2) is 5.78 Å². The van der Waals surface area contributed by atoms with Crippen LogP contribution in [-0.4, -0.2) is 11.8 Å². The molecule has 0 saturated heterocycles. The molecule has 0 aromatic rings. The van der Waals surface area contributed by atoms with E-state index in [1.807, 2.05) is 6.92 Å². The molecule has 1 N–H and O–H groups in total. The molecule has 0 amide bonds. The van der Waals surface area contributed by atoms with Crippen molar-refractivity contribution in [2.24, 2.45) is 0 Å². The van der Waals surface area contributed by atoms with Crippen molar-refractivity contribution in [1.29, 1.82) is 0 Å². The molecule has 0 atom stereocenters. The zero-order chi connectivity index (χ0) is 7.56. The van der Waals surface area contributed by atoms with Gasteiger partial charge in [-0.2, -0.15) is 0 Å². The van der Waals surface area contributed by atoms with Crippen LogP contribution in [0.4, 0.5) is 0 Å². The monoisotopic (exact) mass is 139 g/mol.